The molecule has 0 radical (unpaired) electrons. The van der Waals surface area contributed by atoms with E-state index in [0.717, 1.165) is 12.8 Å². The van der Waals surface area contributed by atoms with E-state index >= 15 is 0 Å². The molecule has 1 fully saturated rings. The minimum absolute atomic E-state index is 0.177. The lowest BCUT2D eigenvalue weighted by Gasteiger charge is -2.33. The van der Waals surface area contributed by atoms with Crippen LogP contribution in [0.15, 0.2) is 22.7 Å². The molecule has 1 aromatic rings. The molecule has 0 spiro atoms. The van der Waals surface area contributed by atoms with Gasteiger partial charge in [0.15, 0.2) is 0 Å². The average molecular weight is 345 g/mol. The number of urea groups is 1. The van der Waals surface area contributed by atoms with Crippen LogP contribution in [0.2, 0.25) is 0 Å². The fourth-order valence-corrected chi connectivity index (χ4v) is 2.70. The van der Waals surface area contributed by atoms with Gasteiger partial charge in [-0.15, -0.1) is 0 Å². The number of carbonyl (C=O) groups excluding carboxylic acids is 1. The van der Waals surface area contributed by atoms with Crippen molar-refractivity contribution in [1.82, 2.24) is 4.90 Å². The zero-order valence-electron chi connectivity index (χ0n) is 11.3. The average Bonchev–Trinajstić information content (AvgIpc) is 2.42. The summed E-state index contributed by atoms with van der Waals surface area (Å²) in [6.45, 7) is 2.94. The highest BCUT2D eigenvalue weighted by atomic mass is 79.9. The molecule has 0 saturated carbocycles. The third-order valence-electron chi connectivity index (χ3n) is 3.68. The Kier molecular flexibility index (Phi) is 4.99. The van der Waals surface area contributed by atoms with E-state index in [-0.39, 0.29) is 23.7 Å². The van der Waals surface area contributed by atoms with Crippen molar-refractivity contribution in [2.75, 3.05) is 18.4 Å². The number of aliphatic hydroxyl groups excluding tert-OH is 1. The highest BCUT2D eigenvalue weighted by molar-refractivity contribution is 9.10. The zero-order valence-corrected chi connectivity index (χ0v) is 12.9. The van der Waals surface area contributed by atoms with E-state index in [1.165, 1.54) is 12.1 Å². The summed E-state index contributed by atoms with van der Waals surface area (Å²) in [4.78, 5) is 13.7. The number of benzene rings is 1. The molecule has 20 heavy (non-hydrogen) atoms. The van der Waals surface area contributed by atoms with Gasteiger partial charge in [0, 0.05) is 17.6 Å². The van der Waals surface area contributed by atoms with Crippen LogP contribution in [0.3, 0.4) is 0 Å². The molecule has 1 heterocycles. The molecule has 0 aromatic heterocycles. The number of likely N-dealkylation sites (tertiary alicyclic amines) is 1. The number of carbonyl (C=O) groups is 1. The Balaban J connectivity index is 1.93. The third kappa shape index (κ3) is 3.70. The van der Waals surface area contributed by atoms with Crippen LogP contribution in [-0.4, -0.2) is 35.2 Å². The van der Waals surface area contributed by atoms with Gasteiger partial charge in [-0.2, -0.15) is 0 Å². The van der Waals surface area contributed by atoms with Crippen molar-refractivity contribution < 1.29 is 14.3 Å². The maximum absolute atomic E-state index is 13.6. The molecule has 1 aromatic carbocycles. The van der Waals surface area contributed by atoms with E-state index in [1.807, 2.05) is 0 Å². The number of rotatable bonds is 2. The molecule has 0 bridgehead atoms. The van der Waals surface area contributed by atoms with Crippen LogP contribution in [-0.2, 0) is 0 Å². The van der Waals surface area contributed by atoms with E-state index in [1.54, 1.807) is 17.9 Å². The zero-order chi connectivity index (χ0) is 14.7. The minimum atomic E-state index is -0.466. The fraction of sp³-hybridized carbons (Fsp3) is 0.500. The van der Waals surface area contributed by atoms with Crippen LogP contribution in [0.5, 0.6) is 0 Å². The summed E-state index contributed by atoms with van der Waals surface area (Å²) in [6, 6.07) is 4.23. The van der Waals surface area contributed by atoms with Crippen LogP contribution in [0, 0.1) is 11.7 Å². The fourth-order valence-electron chi connectivity index (χ4n) is 2.37. The van der Waals surface area contributed by atoms with Gasteiger partial charge in [0.05, 0.1) is 11.8 Å². The van der Waals surface area contributed by atoms with Crippen molar-refractivity contribution in [2.24, 2.45) is 5.92 Å². The van der Waals surface area contributed by atoms with E-state index in [0.29, 0.717) is 17.6 Å². The molecule has 4 nitrogen and oxygen atoms in total. The molecule has 6 heteroatoms. The van der Waals surface area contributed by atoms with Crippen LogP contribution < -0.4 is 5.32 Å². The van der Waals surface area contributed by atoms with E-state index < -0.39 is 5.82 Å². The lowest BCUT2D eigenvalue weighted by atomic mass is 9.92. The summed E-state index contributed by atoms with van der Waals surface area (Å²) >= 11 is 3.17. The van der Waals surface area contributed by atoms with Gasteiger partial charge < -0.3 is 15.3 Å². The molecule has 2 rings (SSSR count). The summed E-state index contributed by atoms with van der Waals surface area (Å²) in [7, 11) is 0. The molecule has 1 atom stereocenters. The summed E-state index contributed by atoms with van der Waals surface area (Å²) in [5.74, 6) is -0.227. The Bertz CT molecular complexity index is 488. The number of hydrogen-bond donors (Lipinski definition) is 2. The van der Waals surface area contributed by atoms with Crippen LogP contribution in [0.4, 0.5) is 14.9 Å². The van der Waals surface area contributed by atoms with Crippen molar-refractivity contribution in [2.45, 2.75) is 25.9 Å². The number of amides is 2. The largest absolute Gasteiger partial charge is 0.393 e. The Morgan fingerprint density at radius 2 is 2.15 bits per heavy atom. The van der Waals surface area contributed by atoms with Gasteiger partial charge >= 0.3 is 6.03 Å². The van der Waals surface area contributed by atoms with Gasteiger partial charge in [0.1, 0.15) is 5.82 Å². The number of piperidine rings is 1. The normalized spacial score (nSPS) is 17.9. The number of aliphatic hydroxyl groups is 1. The molecule has 1 aliphatic heterocycles. The lowest BCUT2D eigenvalue weighted by molar-refractivity contribution is 0.0820. The number of nitrogens with one attached hydrogen (secondary N) is 1. The highest BCUT2D eigenvalue weighted by Crippen LogP contribution is 2.23. The molecule has 0 aliphatic carbocycles. The molecular weight excluding hydrogens is 327 g/mol. The van der Waals surface area contributed by atoms with Gasteiger partial charge in [-0.3, -0.25) is 0 Å². The topological polar surface area (TPSA) is 52.6 Å². The summed E-state index contributed by atoms with van der Waals surface area (Å²) in [6.07, 6.45) is 1.20. The monoisotopic (exact) mass is 344 g/mol. The predicted octanol–water partition coefficient (Wildman–Crippen LogP) is 3.21. The van der Waals surface area contributed by atoms with E-state index in [9.17, 15) is 14.3 Å². The van der Waals surface area contributed by atoms with Crippen LogP contribution in [0.1, 0.15) is 19.8 Å². The molecule has 2 N–H and O–H groups in total. The Hall–Kier alpha value is -1.14. The predicted molar refractivity (Wildman–Crippen MR) is 79.1 cm³/mol. The van der Waals surface area contributed by atoms with E-state index in [2.05, 4.69) is 21.2 Å². The highest BCUT2D eigenvalue weighted by Gasteiger charge is 2.25. The van der Waals surface area contributed by atoms with Gasteiger partial charge in [-0.25, -0.2) is 9.18 Å². The second-order valence-corrected chi connectivity index (χ2v) is 6.04. The Labute approximate surface area is 126 Å². The lowest BCUT2D eigenvalue weighted by Crippen LogP contribution is -2.42. The first-order valence-electron chi connectivity index (χ1n) is 6.66. The minimum Gasteiger partial charge on any atom is -0.393 e. The SMILES string of the molecule is CC(O)C1CCN(C(=O)Nc2ccc(Br)cc2F)CC1. The Morgan fingerprint density at radius 1 is 1.50 bits per heavy atom. The van der Waals surface area contributed by atoms with Gasteiger partial charge in [-0.1, -0.05) is 15.9 Å². The number of anilines is 1. The van der Waals surface area contributed by atoms with Gasteiger partial charge in [-0.05, 0) is 43.9 Å². The second kappa shape index (κ2) is 6.54. The van der Waals surface area contributed by atoms with Crippen molar-refractivity contribution in [3.63, 3.8) is 0 Å². The first kappa shape index (κ1) is 15.3. The van der Waals surface area contributed by atoms with Crippen molar-refractivity contribution in [3.8, 4) is 0 Å². The standard InChI is InChI=1S/C14H18BrFN2O2/c1-9(19)10-4-6-18(7-5-10)14(20)17-13-3-2-11(15)8-12(13)16/h2-3,8-10,19H,4-7H2,1H3,(H,17,20). The molecule has 2 amide bonds. The maximum atomic E-state index is 13.6. The van der Waals surface area contributed by atoms with Gasteiger partial charge in [0.2, 0.25) is 0 Å². The summed E-state index contributed by atoms with van der Waals surface area (Å²) in [5.41, 5.74) is 0.177. The summed E-state index contributed by atoms with van der Waals surface area (Å²) < 4.78 is 14.3. The van der Waals surface area contributed by atoms with E-state index in [4.69, 9.17) is 0 Å². The number of nitrogens with zero attached hydrogens (tertiary/aromatic N) is 1. The smallest absolute Gasteiger partial charge is 0.321 e. The third-order valence-corrected chi connectivity index (χ3v) is 4.18. The number of halogens is 2. The van der Waals surface area contributed by atoms with Crippen molar-refractivity contribution in [3.05, 3.63) is 28.5 Å². The van der Waals surface area contributed by atoms with Crippen LogP contribution in [0.25, 0.3) is 0 Å². The summed E-state index contributed by atoms with van der Waals surface area (Å²) in [5, 5.41) is 12.1. The van der Waals surface area contributed by atoms with Crippen LogP contribution >= 0.6 is 15.9 Å². The molecule has 1 unspecified atom stereocenters. The first-order chi connectivity index (χ1) is 9.47. The molecule has 1 aliphatic rings. The van der Waals surface area contributed by atoms with Crippen molar-refractivity contribution >= 4 is 27.6 Å². The molecule has 1 saturated heterocycles. The number of hydrogen-bond acceptors (Lipinski definition) is 2. The Morgan fingerprint density at radius 3 is 2.70 bits per heavy atom. The molecule has 110 valence electrons. The maximum Gasteiger partial charge on any atom is 0.321 e. The van der Waals surface area contributed by atoms with Crippen molar-refractivity contribution in [1.29, 1.82) is 0 Å². The first-order valence-corrected chi connectivity index (χ1v) is 7.45. The van der Waals surface area contributed by atoms with Gasteiger partial charge in [0.25, 0.3) is 0 Å². The second-order valence-electron chi connectivity index (χ2n) is 5.12. The molecular formula is C14H18BrFN2O2. The quantitative estimate of drug-likeness (QED) is 0.865.